The van der Waals surface area contributed by atoms with Gasteiger partial charge in [0.1, 0.15) is 5.75 Å². The van der Waals surface area contributed by atoms with Crippen molar-refractivity contribution >= 4 is 46.6 Å². The molecule has 2 aromatic carbocycles. The number of ether oxygens (including phenoxy) is 3. The number of hydrogen-bond donors (Lipinski definition) is 0. The lowest BCUT2D eigenvalue weighted by molar-refractivity contribution is 0.0270. The van der Waals surface area contributed by atoms with Crippen molar-refractivity contribution in [1.29, 1.82) is 0 Å². The molecule has 2 heterocycles. The number of halogens is 2. The van der Waals surface area contributed by atoms with Crippen molar-refractivity contribution < 1.29 is 19.0 Å². The minimum Gasteiger partial charge on any atom is -0.494 e. The van der Waals surface area contributed by atoms with Crippen LogP contribution in [0.3, 0.4) is 0 Å². The number of carbonyl (C=O) groups is 1. The van der Waals surface area contributed by atoms with Gasteiger partial charge in [0.2, 0.25) is 6.79 Å². The minimum atomic E-state index is -0.275. The van der Waals surface area contributed by atoms with E-state index in [1.54, 1.807) is 0 Å². The summed E-state index contributed by atoms with van der Waals surface area (Å²) in [6.45, 7) is 11.5. The van der Waals surface area contributed by atoms with Crippen LogP contribution in [0.2, 0.25) is 10.0 Å². The van der Waals surface area contributed by atoms with E-state index in [4.69, 9.17) is 42.4 Å². The number of aryl methyl sites for hydroxylation is 1. The maximum Gasteiger partial charge on any atom is 0.412 e. The number of aliphatic imine (C=N–C) groups is 1. The Labute approximate surface area is 343 Å². The molecule has 0 aliphatic carbocycles. The normalized spacial score (nSPS) is 14.4. The van der Waals surface area contributed by atoms with Crippen LogP contribution in [0.5, 0.6) is 5.75 Å². The van der Waals surface area contributed by atoms with E-state index < -0.39 is 0 Å². The first-order chi connectivity index (χ1) is 27.0. The highest BCUT2D eigenvalue weighted by Gasteiger charge is 2.20. The molecule has 0 atom stereocenters. The minimum absolute atomic E-state index is 0.113. The Morgan fingerprint density at radius 2 is 1.36 bits per heavy atom. The maximum atomic E-state index is 13.2. The zero-order valence-corrected chi connectivity index (χ0v) is 35.7. The first-order valence-electron chi connectivity index (χ1n) is 21.8. The van der Waals surface area contributed by atoms with Crippen LogP contribution in [0.15, 0.2) is 41.4 Å². The van der Waals surface area contributed by atoms with Gasteiger partial charge in [-0.25, -0.2) is 9.79 Å². The summed E-state index contributed by atoms with van der Waals surface area (Å²) in [6, 6.07) is 12.0. The molecule has 2 aromatic rings. The van der Waals surface area contributed by atoms with Crippen molar-refractivity contribution in [3.8, 4) is 5.75 Å². The smallest absolute Gasteiger partial charge is 0.412 e. The van der Waals surface area contributed by atoms with Crippen LogP contribution in [0, 0.1) is 0 Å². The summed E-state index contributed by atoms with van der Waals surface area (Å²) in [5.41, 5.74) is 3.07. The van der Waals surface area contributed by atoms with Gasteiger partial charge in [-0.3, -0.25) is 4.90 Å². The van der Waals surface area contributed by atoms with Crippen LogP contribution in [0.4, 0.5) is 16.2 Å². The Morgan fingerprint density at radius 3 is 2.02 bits per heavy atom. The van der Waals surface area contributed by atoms with Crippen molar-refractivity contribution in [2.45, 2.75) is 142 Å². The molecular weight excluding hydrogens is 731 g/mol. The summed E-state index contributed by atoms with van der Waals surface area (Å²) in [5, 5.41) is 1.25. The van der Waals surface area contributed by atoms with E-state index in [1.165, 1.54) is 82.6 Å². The topological polar surface area (TPSA) is 66.8 Å². The summed E-state index contributed by atoms with van der Waals surface area (Å²) < 4.78 is 17.7. The van der Waals surface area contributed by atoms with Crippen LogP contribution in [-0.4, -0.2) is 81.0 Å². The SMILES string of the molecule is CCCCCCCCCCN(CCCCCCCCCC)C(=O)OCOC1=Nc2cc(OCCCCN3CCN(c4cccc(Cl)c4Cl)CC3)ccc2CC1. The number of nitrogens with zero attached hydrogens (tertiary/aromatic N) is 4. The molecule has 0 saturated carbocycles. The predicted octanol–water partition coefficient (Wildman–Crippen LogP) is 12.6. The number of unbranched alkanes of at least 4 members (excludes halogenated alkanes) is 15. The van der Waals surface area contributed by atoms with Gasteiger partial charge in [0, 0.05) is 51.8 Å². The molecule has 8 nitrogen and oxygen atoms in total. The monoisotopic (exact) mass is 800 g/mol. The maximum absolute atomic E-state index is 13.2. The molecule has 0 spiro atoms. The fourth-order valence-corrected chi connectivity index (χ4v) is 7.88. The van der Waals surface area contributed by atoms with E-state index >= 15 is 0 Å². The fraction of sp³-hybridized carbons (Fsp3) is 0.689. The molecule has 4 rings (SSSR count). The molecule has 55 heavy (non-hydrogen) atoms. The number of amides is 1. The average molecular weight is 802 g/mol. The highest BCUT2D eigenvalue weighted by Crippen LogP contribution is 2.33. The van der Waals surface area contributed by atoms with E-state index in [0.717, 1.165) is 108 Å². The van der Waals surface area contributed by atoms with Crippen molar-refractivity contribution in [3.63, 3.8) is 0 Å². The first kappa shape index (κ1) is 45.0. The van der Waals surface area contributed by atoms with Crippen LogP contribution < -0.4 is 9.64 Å². The molecule has 0 N–H and O–H groups in total. The number of rotatable bonds is 27. The summed E-state index contributed by atoms with van der Waals surface area (Å²) >= 11 is 12.7. The number of hydrogen-bond acceptors (Lipinski definition) is 7. The molecule has 1 fully saturated rings. The van der Waals surface area contributed by atoms with E-state index in [0.29, 0.717) is 29.0 Å². The van der Waals surface area contributed by atoms with Crippen molar-refractivity contribution in [1.82, 2.24) is 9.80 Å². The van der Waals surface area contributed by atoms with Gasteiger partial charge >= 0.3 is 6.09 Å². The second kappa shape index (κ2) is 27.0. The average Bonchev–Trinajstić information content (AvgIpc) is 3.20. The zero-order chi connectivity index (χ0) is 38.9. The second-order valence-electron chi connectivity index (χ2n) is 15.4. The number of benzene rings is 2. The lowest BCUT2D eigenvalue weighted by atomic mass is 10.0. The highest BCUT2D eigenvalue weighted by molar-refractivity contribution is 6.43. The van der Waals surface area contributed by atoms with Crippen molar-refractivity contribution in [3.05, 3.63) is 52.0 Å². The third-order valence-electron chi connectivity index (χ3n) is 10.9. The van der Waals surface area contributed by atoms with Gasteiger partial charge in [-0.1, -0.05) is 139 Å². The summed E-state index contributed by atoms with van der Waals surface area (Å²) in [4.78, 5) is 24.7. The number of anilines is 1. The molecule has 10 heteroatoms. The molecule has 1 amide bonds. The number of fused-ring (bicyclic) bond motifs is 1. The largest absolute Gasteiger partial charge is 0.494 e. The van der Waals surface area contributed by atoms with Crippen LogP contribution >= 0.6 is 23.2 Å². The Hall–Kier alpha value is -2.68. The number of piperazine rings is 1. The Bertz CT molecular complexity index is 1380. The van der Waals surface area contributed by atoms with Crippen molar-refractivity contribution in [2.75, 3.05) is 64.1 Å². The number of carbonyl (C=O) groups excluding carboxylic acids is 1. The first-order valence-corrected chi connectivity index (χ1v) is 22.5. The molecule has 0 unspecified atom stereocenters. The molecule has 2 aliphatic heterocycles. The molecule has 0 bridgehead atoms. The lowest BCUT2D eigenvalue weighted by Gasteiger charge is -2.36. The highest BCUT2D eigenvalue weighted by atomic mass is 35.5. The van der Waals surface area contributed by atoms with E-state index in [1.807, 2.05) is 35.2 Å². The van der Waals surface area contributed by atoms with Gasteiger partial charge in [0.15, 0.2) is 5.90 Å². The van der Waals surface area contributed by atoms with Gasteiger partial charge in [-0.05, 0) is 62.4 Å². The van der Waals surface area contributed by atoms with Gasteiger partial charge in [0.25, 0.3) is 0 Å². The van der Waals surface area contributed by atoms with E-state index in [9.17, 15) is 4.79 Å². The van der Waals surface area contributed by atoms with Gasteiger partial charge in [-0.15, -0.1) is 0 Å². The third kappa shape index (κ3) is 17.1. The molecule has 0 aromatic heterocycles. The summed E-state index contributed by atoms with van der Waals surface area (Å²) in [7, 11) is 0. The van der Waals surface area contributed by atoms with Gasteiger partial charge < -0.3 is 24.0 Å². The Kier molecular flexibility index (Phi) is 22.1. The van der Waals surface area contributed by atoms with Crippen LogP contribution in [0.25, 0.3) is 0 Å². The quantitative estimate of drug-likeness (QED) is 0.0662. The molecule has 1 saturated heterocycles. The predicted molar refractivity (Wildman–Crippen MR) is 231 cm³/mol. The van der Waals surface area contributed by atoms with Gasteiger partial charge in [-0.2, -0.15) is 0 Å². The van der Waals surface area contributed by atoms with Gasteiger partial charge in [0.05, 0.1) is 28.0 Å². The lowest BCUT2D eigenvalue weighted by Crippen LogP contribution is -2.46. The van der Waals surface area contributed by atoms with E-state index in [-0.39, 0.29) is 12.9 Å². The zero-order valence-electron chi connectivity index (χ0n) is 34.1. The summed E-state index contributed by atoms with van der Waals surface area (Å²) in [6.07, 6.45) is 23.3. The van der Waals surface area contributed by atoms with Crippen LogP contribution in [0.1, 0.15) is 141 Å². The molecule has 308 valence electrons. The molecule has 2 aliphatic rings. The fourth-order valence-electron chi connectivity index (χ4n) is 7.47. The second-order valence-corrected chi connectivity index (χ2v) is 16.1. The standard InChI is InChI=1S/C45H70Cl2N4O4/c1-3-5-7-9-11-13-15-17-29-51(30-18-16-14-12-10-8-6-4-2)45(52)55-37-54-43-27-25-38-24-26-39(36-41(38)48-43)53-35-20-19-28-49-31-33-50(34-32-49)42-23-21-22-40(46)44(42)47/h21-24,26,36H,3-20,25,27-35,37H2,1-2H3. The van der Waals surface area contributed by atoms with Crippen LogP contribution in [-0.2, 0) is 15.9 Å². The summed E-state index contributed by atoms with van der Waals surface area (Å²) in [5.74, 6) is 1.42. The van der Waals surface area contributed by atoms with E-state index in [2.05, 4.69) is 29.7 Å². The molecule has 0 radical (unpaired) electrons. The Balaban J connectivity index is 1.13. The third-order valence-corrected chi connectivity index (χ3v) is 11.7. The molecular formula is C45H70Cl2N4O4. The Morgan fingerprint density at radius 1 is 0.727 bits per heavy atom. The van der Waals surface area contributed by atoms with Crippen molar-refractivity contribution in [2.24, 2.45) is 4.99 Å².